The summed E-state index contributed by atoms with van der Waals surface area (Å²) in [7, 11) is 3.57. The van der Waals surface area contributed by atoms with E-state index in [1.165, 1.54) is 17.5 Å². The van der Waals surface area contributed by atoms with E-state index in [2.05, 4.69) is 56.3 Å². The molecular formula is C15H18BrN3O. The maximum absolute atomic E-state index is 5.14. The fourth-order valence-corrected chi connectivity index (χ4v) is 2.68. The number of nitrogens with one attached hydrogen (secondary N) is 1. The normalized spacial score (nSPS) is 12.2. The van der Waals surface area contributed by atoms with Crippen molar-refractivity contribution in [3.05, 3.63) is 51.9 Å². The van der Waals surface area contributed by atoms with Crippen LogP contribution >= 0.6 is 15.9 Å². The fraction of sp³-hybridized carbons (Fsp3) is 0.333. The Labute approximate surface area is 127 Å². The van der Waals surface area contributed by atoms with Gasteiger partial charge in [-0.05, 0) is 37.2 Å². The van der Waals surface area contributed by atoms with Crippen molar-refractivity contribution in [2.75, 3.05) is 14.2 Å². The van der Waals surface area contributed by atoms with Crippen molar-refractivity contribution < 1.29 is 4.74 Å². The van der Waals surface area contributed by atoms with E-state index in [-0.39, 0.29) is 6.04 Å². The SMILES string of the molecule is CNC(Cc1cc(OC)ncn1)c1ccc(Br)cc1C. The maximum Gasteiger partial charge on any atom is 0.216 e. The first-order chi connectivity index (χ1) is 9.63. The molecule has 0 spiro atoms. The third kappa shape index (κ3) is 3.55. The van der Waals surface area contributed by atoms with Gasteiger partial charge in [0.15, 0.2) is 0 Å². The number of halogens is 1. The molecule has 1 atom stereocenters. The Hall–Kier alpha value is -1.46. The van der Waals surface area contributed by atoms with Gasteiger partial charge in [0, 0.05) is 28.7 Å². The third-order valence-electron chi connectivity index (χ3n) is 3.28. The molecule has 0 bridgehead atoms. The first-order valence-electron chi connectivity index (χ1n) is 6.42. The lowest BCUT2D eigenvalue weighted by Gasteiger charge is -2.19. The number of aryl methyl sites for hydroxylation is 1. The van der Waals surface area contributed by atoms with Crippen molar-refractivity contribution in [3.63, 3.8) is 0 Å². The quantitative estimate of drug-likeness (QED) is 0.912. The lowest BCUT2D eigenvalue weighted by atomic mass is 9.97. The molecule has 0 fully saturated rings. The summed E-state index contributed by atoms with van der Waals surface area (Å²) in [5.41, 5.74) is 3.48. The Morgan fingerprint density at radius 3 is 2.75 bits per heavy atom. The second-order valence-corrected chi connectivity index (χ2v) is 5.51. The number of methoxy groups -OCH3 is 1. The standard InChI is InChI=1S/C15H18BrN3O/c1-10-6-11(16)4-5-13(10)14(17-2)7-12-8-15(20-3)19-9-18-12/h4-6,8-9,14,17H,7H2,1-3H3. The zero-order valence-electron chi connectivity index (χ0n) is 11.9. The molecule has 1 N–H and O–H groups in total. The van der Waals surface area contributed by atoms with Gasteiger partial charge in [0.05, 0.1) is 7.11 Å². The summed E-state index contributed by atoms with van der Waals surface area (Å²) in [6.07, 6.45) is 2.33. The van der Waals surface area contributed by atoms with Crippen molar-refractivity contribution in [1.29, 1.82) is 0 Å². The number of rotatable bonds is 5. The molecule has 106 valence electrons. The molecule has 0 aliphatic carbocycles. The zero-order chi connectivity index (χ0) is 14.5. The van der Waals surface area contributed by atoms with Crippen LogP contribution in [0.25, 0.3) is 0 Å². The van der Waals surface area contributed by atoms with Gasteiger partial charge in [0.2, 0.25) is 5.88 Å². The van der Waals surface area contributed by atoms with Gasteiger partial charge in [-0.1, -0.05) is 22.0 Å². The van der Waals surface area contributed by atoms with E-state index in [0.717, 1.165) is 16.6 Å². The molecule has 2 rings (SSSR count). The smallest absolute Gasteiger partial charge is 0.216 e. The van der Waals surface area contributed by atoms with Gasteiger partial charge < -0.3 is 10.1 Å². The molecule has 5 heteroatoms. The number of aromatic nitrogens is 2. The van der Waals surface area contributed by atoms with Crippen LogP contribution < -0.4 is 10.1 Å². The average molecular weight is 336 g/mol. The predicted molar refractivity (Wildman–Crippen MR) is 83.0 cm³/mol. The molecule has 1 aromatic heterocycles. The van der Waals surface area contributed by atoms with E-state index in [1.807, 2.05) is 13.1 Å². The number of hydrogen-bond donors (Lipinski definition) is 1. The van der Waals surface area contributed by atoms with Gasteiger partial charge in [-0.15, -0.1) is 0 Å². The van der Waals surface area contributed by atoms with Crippen molar-refractivity contribution in [3.8, 4) is 5.88 Å². The minimum absolute atomic E-state index is 0.211. The summed E-state index contributed by atoms with van der Waals surface area (Å²) in [5, 5.41) is 3.35. The maximum atomic E-state index is 5.14. The molecule has 0 saturated carbocycles. The van der Waals surface area contributed by atoms with E-state index in [0.29, 0.717) is 5.88 Å². The molecule has 0 aliphatic heterocycles. The summed E-state index contributed by atoms with van der Waals surface area (Å²) in [4.78, 5) is 8.34. The van der Waals surface area contributed by atoms with Crippen LogP contribution in [0.1, 0.15) is 22.9 Å². The molecule has 4 nitrogen and oxygen atoms in total. The first-order valence-corrected chi connectivity index (χ1v) is 7.21. The Bertz CT molecular complexity index is 589. The first kappa shape index (κ1) is 14.9. The molecule has 20 heavy (non-hydrogen) atoms. The second kappa shape index (κ2) is 6.81. The highest BCUT2D eigenvalue weighted by Gasteiger charge is 2.14. The summed E-state index contributed by atoms with van der Waals surface area (Å²) in [6, 6.07) is 8.41. The summed E-state index contributed by atoms with van der Waals surface area (Å²) in [5.74, 6) is 0.595. The predicted octanol–water partition coefficient (Wildman–Crippen LogP) is 3.06. The summed E-state index contributed by atoms with van der Waals surface area (Å²) in [6.45, 7) is 2.12. The van der Waals surface area contributed by atoms with Gasteiger partial charge in [-0.3, -0.25) is 0 Å². The van der Waals surface area contributed by atoms with Crippen LogP contribution in [0, 0.1) is 6.92 Å². The highest BCUT2D eigenvalue weighted by Crippen LogP contribution is 2.24. The van der Waals surface area contributed by atoms with Gasteiger partial charge in [0.25, 0.3) is 0 Å². The highest BCUT2D eigenvalue weighted by molar-refractivity contribution is 9.10. The molecular weight excluding hydrogens is 318 g/mol. The van der Waals surface area contributed by atoms with Gasteiger partial charge >= 0.3 is 0 Å². The van der Waals surface area contributed by atoms with Crippen LogP contribution in [0.4, 0.5) is 0 Å². The van der Waals surface area contributed by atoms with Crippen LogP contribution in [-0.4, -0.2) is 24.1 Å². The van der Waals surface area contributed by atoms with E-state index in [4.69, 9.17) is 4.74 Å². The lowest BCUT2D eigenvalue weighted by molar-refractivity contribution is 0.395. The van der Waals surface area contributed by atoms with Crippen molar-refractivity contribution in [1.82, 2.24) is 15.3 Å². The molecule has 2 aromatic rings. The van der Waals surface area contributed by atoms with Gasteiger partial charge in [0.1, 0.15) is 6.33 Å². The molecule has 0 aliphatic rings. The second-order valence-electron chi connectivity index (χ2n) is 4.60. The van der Waals surface area contributed by atoms with Gasteiger partial charge in [-0.25, -0.2) is 9.97 Å². The number of hydrogen-bond acceptors (Lipinski definition) is 4. The Morgan fingerprint density at radius 2 is 2.10 bits per heavy atom. The minimum Gasteiger partial charge on any atom is -0.481 e. The Morgan fingerprint density at radius 1 is 1.30 bits per heavy atom. The molecule has 0 saturated heterocycles. The van der Waals surface area contributed by atoms with Crippen molar-refractivity contribution in [2.45, 2.75) is 19.4 Å². The van der Waals surface area contributed by atoms with Crippen LogP contribution in [0.3, 0.4) is 0 Å². The van der Waals surface area contributed by atoms with Crippen LogP contribution in [0.2, 0.25) is 0 Å². The topological polar surface area (TPSA) is 47.0 Å². The number of likely N-dealkylation sites (N-methyl/N-ethyl adjacent to an activating group) is 1. The van der Waals surface area contributed by atoms with E-state index < -0.39 is 0 Å². The fourth-order valence-electron chi connectivity index (χ4n) is 2.21. The molecule has 0 amide bonds. The van der Waals surface area contributed by atoms with E-state index in [1.54, 1.807) is 7.11 Å². The number of ether oxygens (including phenoxy) is 1. The molecule has 1 aromatic carbocycles. The largest absolute Gasteiger partial charge is 0.481 e. The molecule has 1 unspecified atom stereocenters. The average Bonchev–Trinajstić information content (AvgIpc) is 2.45. The van der Waals surface area contributed by atoms with Crippen molar-refractivity contribution >= 4 is 15.9 Å². The number of benzene rings is 1. The lowest BCUT2D eigenvalue weighted by Crippen LogP contribution is -2.20. The number of nitrogens with zero attached hydrogens (tertiary/aromatic N) is 2. The Balaban J connectivity index is 2.23. The summed E-state index contributed by atoms with van der Waals surface area (Å²) < 4.78 is 6.23. The molecule has 1 heterocycles. The van der Waals surface area contributed by atoms with E-state index in [9.17, 15) is 0 Å². The Kier molecular flexibility index (Phi) is 5.09. The van der Waals surface area contributed by atoms with E-state index >= 15 is 0 Å². The van der Waals surface area contributed by atoms with Gasteiger partial charge in [-0.2, -0.15) is 0 Å². The molecule has 0 radical (unpaired) electrons. The summed E-state index contributed by atoms with van der Waals surface area (Å²) >= 11 is 3.50. The third-order valence-corrected chi connectivity index (χ3v) is 3.77. The van der Waals surface area contributed by atoms with Crippen LogP contribution in [0.5, 0.6) is 5.88 Å². The van der Waals surface area contributed by atoms with Crippen LogP contribution in [0.15, 0.2) is 35.1 Å². The van der Waals surface area contributed by atoms with Crippen molar-refractivity contribution in [2.24, 2.45) is 0 Å². The van der Waals surface area contributed by atoms with Crippen LogP contribution in [-0.2, 0) is 6.42 Å². The minimum atomic E-state index is 0.211. The zero-order valence-corrected chi connectivity index (χ0v) is 13.4. The monoisotopic (exact) mass is 335 g/mol. The highest BCUT2D eigenvalue weighted by atomic mass is 79.9.